The highest BCUT2D eigenvalue weighted by atomic mass is 16.5. The minimum Gasteiger partial charge on any atom is -0.480 e. The fraction of sp³-hybridized carbons (Fsp3) is 0.857. The third-order valence-electron chi connectivity index (χ3n) is 15.7. The van der Waals surface area contributed by atoms with Gasteiger partial charge in [-0.3, -0.25) is 14.4 Å². The molecule has 3 N–H and O–H groups in total. The molecule has 5 aliphatic rings. The minimum atomic E-state index is -1.03. The van der Waals surface area contributed by atoms with Gasteiger partial charge in [-0.15, -0.1) is 0 Å². The van der Waals surface area contributed by atoms with Crippen LogP contribution in [0.5, 0.6) is 0 Å². The lowest BCUT2D eigenvalue weighted by atomic mass is 9.33. The second-order valence-corrected chi connectivity index (χ2v) is 19.6. The summed E-state index contributed by atoms with van der Waals surface area (Å²) in [5, 5.41) is 15.4. The van der Waals surface area contributed by atoms with Gasteiger partial charge in [-0.05, 0) is 116 Å². The number of ether oxygens (including phenoxy) is 1. The van der Waals surface area contributed by atoms with Gasteiger partial charge in [0.05, 0.1) is 5.41 Å². The molecule has 5 rings (SSSR count). The summed E-state index contributed by atoms with van der Waals surface area (Å²) >= 11 is 0. The highest BCUT2D eigenvalue weighted by molar-refractivity contribution is 5.85. The van der Waals surface area contributed by atoms with E-state index in [0.717, 1.165) is 64.2 Å². The molecule has 8 heteroatoms. The van der Waals surface area contributed by atoms with Crippen molar-refractivity contribution in [2.24, 2.45) is 56.2 Å². The summed E-state index contributed by atoms with van der Waals surface area (Å²) in [5.41, 5.74) is 1.45. The SMILES string of the molecule is CCC(=O)O[C@H]1CC[C@]2(C)[C@H]3CC=C4[C@@H]5CC(C)(C)CC[C@]5(C(=O)NCCCC(=O)N[C@H](C(=O)O)C(C)C)CC[C@@]4(C)[C@]3(C)CC[C@H]2C1(C)C. The summed E-state index contributed by atoms with van der Waals surface area (Å²) in [4.78, 5) is 50.9. The molecule has 0 aliphatic heterocycles. The monoisotopic (exact) mass is 697 g/mol. The van der Waals surface area contributed by atoms with Crippen LogP contribution in [0.15, 0.2) is 11.6 Å². The van der Waals surface area contributed by atoms with Crippen molar-refractivity contribution in [2.45, 2.75) is 165 Å². The second-order valence-electron chi connectivity index (χ2n) is 19.6. The molecule has 2 amide bonds. The maximum absolute atomic E-state index is 14.4. The predicted molar refractivity (Wildman–Crippen MR) is 196 cm³/mol. The molecule has 0 unspecified atom stereocenters. The molecule has 8 nitrogen and oxygen atoms in total. The number of carboxylic acid groups (broad SMARTS) is 1. The topological polar surface area (TPSA) is 122 Å². The Morgan fingerprint density at radius 1 is 0.920 bits per heavy atom. The zero-order valence-corrected chi connectivity index (χ0v) is 32.9. The average Bonchev–Trinajstić information content (AvgIpc) is 3.02. The van der Waals surface area contributed by atoms with Crippen LogP contribution in [0.1, 0.15) is 153 Å². The molecule has 50 heavy (non-hydrogen) atoms. The van der Waals surface area contributed by atoms with Gasteiger partial charge in [-0.25, -0.2) is 4.79 Å². The number of carbonyl (C=O) groups excluding carboxylic acids is 3. The third-order valence-corrected chi connectivity index (χ3v) is 15.7. The van der Waals surface area contributed by atoms with E-state index in [0.29, 0.717) is 31.2 Å². The first kappa shape index (κ1) is 38.8. The van der Waals surface area contributed by atoms with E-state index < -0.39 is 17.4 Å². The van der Waals surface area contributed by atoms with Gasteiger partial charge in [-0.1, -0.05) is 80.9 Å². The molecule has 0 aromatic carbocycles. The number of rotatable bonds is 10. The molecular weight excluding hydrogens is 628 g/mol. The normalized spacial score (nSPS) is 39.0. The third kappa shape index (κ3) is 6.35. The van der Waals surface area contributed by atoms with Gasteiger partial charge in [0.25, 0.3) is 0 Å². The molecular formula is C42H68N2O6. The number of allylic oxidation sites excluding steroid dienone is 2. The van der Waals surface area contributed by atoms with Gasteiger partial charge in [0, 0.05) is 24.8 Å². The predicted octanol–water partition coefficient (Wildman–Crippen LogP) is 8.23. The van der Waals surface area contributed by atoms with E-state index in [9.17, 15) is 24.3 Å². The largest absolute Gasteiger partial charge is 0.480 e. The summed E-state index contributed by atoms with van der Waals surface area (Å²) in [7, 11) is 0. The molecule has 0 radical (unpaired) electrons. The zero-order valence-electron chi connectivity index (χ0n) is 32.9. The molecule has 0 spiro atoms. The van der Waals surface area contributed by atoms with Crippen LogP contribution in [0.2, 0.25) is 0 Å². The van der Waals surface area contributed by atoms with Crippen LogP contribution < -0.4 is 10.6 Å². The van der Waals surface area contributed by atoms with Crippen LogP contribution in [0.4, 0.5) is 0 Å². The zero-order chi connectivity index (χ0) is 37.1. The van der Waals surface area contributed by atoms with E-state index in [-0.39, 0.29) is 69.2 Å². The molecule has 5 aliphatic carbocycles. The van der Waals surface area contributed by atoms with Crippen molar-refractivity contribution in [1.29, 1.82) is 0 Å². The molecule has 0 aromatic heterocycles. The van der Waals surface area contributed by atoms with Crippen molar-refractivity contribution in [3.63, 3.8) is 0 Å². The van der Waals surface area contributed by atoms with Gasteiger partial charge in [0.2, 0.25) is 11.8 Å². The number of carboxylic acids is 1. The van der Waals surface area contributed by atoms with Crippen LogP contribution in [0.25, 0.3) is 0 Å². The van der Waals surface area contributed by atoms with Gasteiger partial charge in [0.1, 0.15) is 12.1 Å². The number of carbonyl (C=O) groups is 4. The number of hydrogen-bond donors (Lipinski definition) is 3. The molecule has 282 valence electrons. The Hall–Kier alpha value is -2.38. The first-order valence-corrected chi connectivity index (χ1v) is 19.9. The standard InChI is InChI=1S/C42H68N2O6/c1-11-33(46)50-31-17-18-39(8)29(38(31,6)7)16-19-41(10)30(39)15-14-27-28-25-37(4,5)20-22-42(28,23-21-40(27,41)9)36(49)43-24-12-13-32(45)44-34(26(2)3)35(47)48/h14,26,28-31,34H,11-13,15-25H2,1-10H3,(H,43,49)(H,44,45)(H,47,48)/t28-,29-,30+,31-,34-,39-,40+,41+,42-/m0/s1. The van der Waals surface area contributed by atoms with Gasteiger partial charge < -0.3 is 20.5 Å². The maximum Gasteiger partial charge on any atom is 0.326 e. The Labute approximate surface area is 302 Å². The highest BCUT2D eigenvalue weighted by Crippen LogP contribution is 2.75. The Balaban J connectivity index is 1.36. The summed E-state index contributed by atoms with van der Waals surface area (Å²) in [6.07, 6.45) is 13.8. The molecule has 0 saturated heterocycles. The first-order valence-electron chi connectivity index (χ1n) is 19.9. The van der Waals surface area contributed by atoms with Crippen molar-refractivity contribution < 1.29 is 29.0 Å². The van der Waals surface area contributed by atoms with E-state index in [2.05, 4.69) is 65.2 Å². The first-order chi connectivity index (χ1) is 23.2. The summed E-state index contributed by atoms with van der Waals surface area (Å²) < 4.78 is 6.08. The van der Waals surface area contributed by atoms with Crippen molar-refractivity contribution in [3.05, 3.63) is 11.6 Å². The number of amides is 2. The smallest absolute Gasteiger partial charge is 0.326 e. The molecule has 4 fully saturated rings. The lowest BCUT2D eigenvalue weighted by Crippen LogP contribution is -2.65. The van der Waals surface area contributed by atoms with Crippen molar-refractivity contribution in [1.82, 2.24) is 10.6 Å². The van der Waals surface area contributed by atoms with E-state index in [4.69, 9.17) is 4.74 Å². The minimum absolute atomic E-state index is 0.0105. The maximum atomic E-state index is 14.4. The number of esters is 1. The fourth-order valence-electron chi connectivity index (χ4n) is 12.5. The lowest BCUT2D eigenvalue weighted by molar-refractivity contribution is -0.212. The van der Waals surface area contributed by atoms with Crippen LogP contribution >= 0.6 is 0 Å². The molecule has 0 heterocycles. The number of aliphatic carboxylic acids is 1. The Kier molecular flexibility index (Phi) is 10.5. The van der Waals surface area contributed by atoms with Crippen LogP contribution in [0, 0.1) is 56.2 Å². The number of fused-ring (bicyclic) bond motifs is 7. The van der Waals surface area contributed by atoms with Gasteiger partial charge in [0.15, 0.2) is 0 Å². The van der Waals surface area contributed by atoms with Crippen molar-refractivity contribution in [3.8, 4) is 0 Å². The van der Waals surface area contributed by atoms with Crippen molar-refractivity contribution >= 4 is 23.8 Å². The van der Waals surface area contributed by atoms with E-state index in [1.165, 1.54) is 5.57 Å². The Morgan fingerprint density at radius 2 is 1.60 bits per heavy atom. The van der Waals surface area contributed by atoms with Crippen LogP contribution in [-0.2, 0) is 23.9 Å². The Morgan fingerprint density at radius 3 is 2.24 bits per heavy atom. The number of hydrogen-bond acceptors (Lipinski definition) is 5. The average molecular weight is 697 g/mol. The quantitative estimate of drug-likeness (QED) is 0.120. The molecule has 9 atom stereocenters. The highest BCUT2D eigenvalue weighted by Gasteiger charge is 2.69. The Bertz CT molecular complexity index is 1380. The van der Waals surface area contributed by atoms with Crippen LogP contribution in [0.3, 0.4) is 0 Å². The molecule has 0 aromatic rings. The van der Waals surface area contributed by atoms with E-state index in [1.54, 1.807) is 13.8 Å². The fourth-order valence-corrected chi connectivity index (χ4v) is 12.5. The summed E-state index contributed by atoms with van der Waals surface area (Å²) in [5.74, 6) is -0.261. The van der Waals surface area contributed by atoms with E-state index >= 15 is 0 Å². The van der Waals surface area contributed by atoms with Gasteiger partial charge in [-0.2, -0.15) is 0 Å². The molecule has 4 saturated carbocycles. The van der Waals surface area contributed by atoms with Crippen molar-refractivity contribution in [2.75, 3.05) is 6.54 Å². The summed E-state index contributed by atoms with van der Waals surface area (Å²) in [6, 6.07) is -0.909. The van der Waals surface area contributed by atoms with Gasteiger partial charge >= 0.3 is 11.9 Å². The lowest BCUT2D eigenvalue weighted by Gasteiger charge is -2.71. The van der Waals surface area contributed by atoms with E-state index in [1.807, 2.05) is 6.92 Å². The number of nitrogens with one attached hydrogen (secondary N) is 2. The summed E-state index contributed by atoms with van der Waals surface area (Å²) in [6.45, 7) is 23.0. The second kappa shape index (κ2) is 13.5. The van der Waals surface area contributed by atoms with Crippen LogP contribution in [-0.4, -0.2) is 47.6 Å². The molecule has 0 bridgehead atoms.